The van der Waals surface area contributed by atoms with E-state index < -0.39 is 0 Å². The molecule has 2 N–H and O–H groups in total. The van der Waals surface area contributed by atoms with E-state index in [0.29, 0.717) is 0 Å². The van der Waals surface area contributed by atoms with Crippen molar-refractivity contribution in [2.75, 3.05) is 39.8 Å². The molecule has 1 aromatic carbocycles. The molecule has 0 aliphatic heterocycles. The molecule has 0 radical (unpaired) electrons. The Hall–Kier alpha value is -1.42. The number of benzene rings is 1. The van der Waals surface area contributed by atoms with Crippen molar-refractivity contribution in [2.45, 2.75) is 19.3 Å². The molecule has 1 aromatic rings. The van der Waals surface area contributed by atoms with Crippen LogP contribution in [0.3, 0.4) is 0 Å². The molecular weight excluding hydrogens is 228 g/mol. The van der Waals surface area contributed by atoms with Gasteiger partial charge in [-0.1, -0.05) is 0 Å². The molecule has 0 saturated carbocycles. The van der Waals surface area contributed by atoms with Gasteiger partial charge >= 0.3 is 0 Å². The lowest BCUT2D eigenvalue weighted by molar-refractivity contribution is 0.398. The van der Waals surface area contributed by atoms with E-state index in [4.69, 9.17) is 15.2 Å². The van der Waals surface area contributed by atoms with E-state index in [1.54, 1.807) is 14.2 Å². The summed E-state index contributed by atoms with van der Waals surface area (Å²) in [6.07, 6.45) is 3.06. The number of methoxy groups -OCH3 is 2. The molecule has 18 heavy (non-hydrogen) atoms. The Balaban J connectivity index is 3.02. The van der Waals surface area contributed by atoms with Crippen LogP contribution < -0.4 is 20.1 Å². The second kappa shape index (κ2) is 7.11. The average Bonchev–Trinajstić information content (AvgIpc) is 2.38. The van der Waals surface area contributed by atoms with Crippen LogP contribution in [0.25, 0.3) is 0 Å². The maximum Gasteiger partial charge on any atom is 0.142 e. The molecule has 0 spiro atoms. The first-order chi connectivity index (χ1) is 8.63. The van der Waals surface area contributed by atoms with Gasteiger partial charge in [0, 0.05) is 20.2 Å². The van der Waals surface area contributed by atoms with Gasteiger partial charge in [-0.15, -0.1) is 0 Å². The van der Waals surface area contributed by atoms with Gasteiger partial charge in [-0.05, 0) is 37.4 Å². The van der Waals surface area contributed by atoms with Crippen molar-refractivity contribution >= 4 is 5.69 Å². The summed E-state index contributed by atoms with van der Waals surface area (Å²) in [7, 11) is 7.38. The fraction of sp³-hybridized carbons (Fsp3) is 0.571. The molecule has 0 atom stereocenters. The summed E-state index contributed by atoms with van der Waals surface area (Å²) in [5.74, 6) is 1.79. The number of aryl methyl sites for hydroxylation is 1. The minimum absolute atomic E-state index is 0.731. The molecule has 0 heterocycles. The molecule has 4 nitrogen and oxygen atoms in total. The molecule has 1 rings (SSSR count). The molecule has 4 heteroatoms. The molecule has 0 aliphatic carbocycles. The first kappa shape index (κ1) is 14.6. The van der Waals surface area contributed by atoms with Crippen LogP contribution in [-0.4, -0.2) is 34.9 Å². The molecular formula is C14H24N2O2. The Kier molecular flexibility index (Phi) is 5.78. The molecule has 0 amide bonds. The minimum Gasteiger partial charge on any atom is -0.496 e. The Labute approximate surface area is 110 Å². The van der Waals surface area contributed by atoms with Gasteiger partial charge in [0.05, 0.1) is 19.9 Å². The minimum atomic E-state index is 0.731. The van der Waals surface area contributed by atoms with Gasteiger partial charge in [0.15, 0.2) is 0 Å². The Morgan fingerprint density at radius 3 is 2.22 bits per heavy atom. The Bertz CT molecular complexity index is 378. The molecule has 0 unspecified atom stereocenters. The van der Waals surface area contributed by atoms with Crippen LogP contribution in [0.5, 0.6) is 11.5 Å². The highest BCUT2D eigenvalue weighted by molar-refractivity contribution is 5.63. The summed E-state index contributed by atoms with van der Waals surface area (Å²) in [5, 5.41) is 0. The third kappa shape index (κ3) is 3.53. The van der Waals surface area contributed by atoms with Crippen LogP contribution in [0.2, 0.25) is 0 Å². The number of rotatable bonds is 7. The zero-order valence-corrected chi connectivity index (χ0v) is 11.8. The van der Waals surface area contributed by atoms with Gasteiger partial charge in [0.2, 0.25) is 0 Å². The van der Waals surface area contributed by atoms with Crippen molar-refractivity contribution < 1.29 is 9.47 Å². The molecule has 0 aromatic heterocycles. The maximum absolute atomic E-state index is 5.52. The molecule has 102 valence electrons. The monoisotopic (exact) mass is 252 g/mol. The first-order valence-electron chi connectivity index (χ1n) is 6.26. The lowest BCUT2D eigenvalue weighted by Crippen LogP contribution is -2.11. The van der Waals surface area contributed by atoms with Crippen molar-refractivity contribution in [1.29, 1.82) is 0 Å². The van der Waals surface area contributed by atoms with Gasteiger partial charge in [0.1, 0.15) is 11.5 Å². The maximum atomic E-state index is 5.52. The topological polar surface area (TPSA) is 47.7 Å². The van der Waals surface area contributed by atoms with Crippen molar-refractivity contribution in [1.82, 2.24) is 0 Å². The van der Waals surface area contributed by atoms with E-state index in [2.05, 4.69) is 6.07 Å². The highest BCUT2D eigenvalue weighted by Crippen LogP contribution is 2.35. The highest BCUT2D eigenvalue weighted by Gasteiger charge is 2.12. The van der Waals surface area contributed by atoms with E-state index >= 15 is 0 Å². The number of hydrogen-bond acceptors (Lipinski definition) is 4. The molecule has 0 bridgehead atoms. The van der Waals surface area contributed by atoms with Gasteiger partial charge < -0.3 is 20.1 Å². The predicted molar refractivity (Wildman–Crippen MR) is 75.9 cm³/mol. The zero-order chi connectivity index (χ0) is 13.5. The zero-order valence-electron chi connectivity index (χ0n) is 11.8. The quantitative estimate of drug-likeness (QED) is 0.755. The van der Waals surface area contributed by atoms with Crippen LogP contribution >= 0.6 is 0 Å². The fourth-order valence-electron chi connectivity index (χ4n) is 1.95. The van der Waals surface area contributed by atoms with Gasteiger partial charge in [-0.25, -0.2) is 0 Å². The van der Waals surface area contributed by atoms with Gasteiger partial charge in [-0.3, -0.25) is 0 Å². The number of anilines is 1. The third-order valence-corrected chi connectivity index (χ3v) is 2.96. The standard InChI is InChI=1S/C14H24N2O2/c1-16(2)12-10-13(17-3)11(7-5-6-8-15)9-14(12)18-4/h9-10H,5-8,15H2,1-4H3. The number of ether oxygens (including phenoxy) is 2. The summed E-state index contributed by atoms with van der Waals surface area (Å²) in [4.78, 5) is 2.02. The molecule has 0 fully saturated rings. The SMILES string of the molecule is COc1cc(N(C)C)c(OC)cc1CCCCN. The van der Waals surface area contributed by atoms with Crippen LogP contribution in [0.15, 0.2) is 12.1 Å². The number of unbranched alkanes of at least 4 members (excludes halogenated alkanes) is 1. The number of hydrogen-bond donors (Lipinski definition) is 1. The second-order valence-corrected chi connectivity index (χ2v) is 4.48. The average molecular weight is 252 g/mol. The lowest BCUT2D eigenvalue weighted by atomic mass is 10.1. The van der Waals surface area contributed by atoms with Crippen LogP contribution in [0.4, 0.5) is 5.69 Å². The van der Waals surface area contributed by atoms with Crippen molar-refractivity contribution in [3.05, 3.63) is 17.7 Å². The summed E-state index contributed by atoms with van der Waals surface area (Å²) < 4.78 is 10.9. The van der Waals surface area contributed by atoms with Crippen molar-refractivity contribution in [3.8, 4) is 11.5 Å². The summed E-state index contributed by atoms with van der Waals surface area (Å²) in [6, 6.07) is 4.08. The second-order valence-electron chi connectivity index (χ2n) is 4.48. The summed E-state index contributed by atoms with van der Waals surface area (Å²) in [5.41, 5.74) is 7.72. The third-order valence-electron chi connectivity index (χ3n) is 2.96. The van der Waals surface area contributed by atoms with Crippen molar-refractivity contribution in [3.63, 3.8) is 0 Å². The highest BCUT2D eigenvalue weighted by atomic mass is 16.5. The van der Waals surface area contributed by atoms with E-state index in [1.165, 1.54) is 5.56 Å². The van der Waals surface area contributed by atoms with Gasteiger partial charge in [0.25, 0.3) is 0 Å². The van der Waals surface area contributed by atoms with E-state index in [0.717, 1.165) is 43.0 Å². The number of nitrogens with zero attached hydrogens (tertiary/aromatic N) is 1. The summed E-state index contributed by atoms with van der Waals surface area (Å²) in [6.45, 7) is 0.731. The van der Waals surface area contributed by atoms with E-state index in [-0.39, 0.29) is 0 Å². The van der Waals surface area contributed by atoms with Crippen LogP contribution in [0.1, 0.15) is 18.4 Å². The smallest absolute Gasteiger partial charge is 0.142 e. The van der Waals surface area contributed by atoms with E-state index in [9.17, 15) is 0 Å². The largest absolute Gasteiger partial charge is 0.496 e. The Morgan fingerprint density at radius 2 is 1.72 bits per heavy atom. The van der Waals surface area contributed by atoms with Crippen LogP contribution in [-0.2, 0) is 6.42 Å². The molecule has 0 aliphatic rings. The first-order valence-corrected chi connectivity index (χ1v) is 6.26. The Morgan fingerprint density at radius 1 is 1.06 bits per heavy atom. The van der Waals surface area contributed by atoms with Gasteiger partial charge in [-0.2, -0.15) is 0 Å². The van der Waals surface area contributed by atoms with Crippen LogP contribution in [0, 0.1) is 0 Å². The van der Waals surface area contributed by atoms with Crippen molar-refractivity contribution in [2.24, 2.45) is 5.73 Å². The van der Waals surface area contributed by atoms with E-state index in [1.807, 2.05) is 25.1 Å². The summed E-state index contributed by atoms with van der Waals surface area (Å²) >= 11 is 0. The molecule has 0 saturated heterocycles. The predicted octanol–water partition coefficient (Wildman–Crippen LogP) is 2.05. The lowest BCUT2D eigenvalue weighted by Gasteiger charge is -2.19. The number of nitrogens with two attached hydrogens (primary N) is 1. The normalized spacial score (nSPS) is 10.3. The fourth-order valence-corrected chi connectivity index (χ4v) is 1.95.